The molecule has 0 aliphatic heterocycles. The first-order chi connectivity index (χ1) is 8.79. The van der Waals surface area contributed by atoms with Crippen LogP contribution in [-0.2, 0) is 10.0 Å². The second-order valence-corrected chi connectivity index (χ2v) is 8.41. The van der Waals surface area contributed by atoms with E-state index in [1.165, 1.54) is 12.1 Å². The quantitative estimate of drug-likeness (QED) is 0.820. The monoisotopic (exact) mass is 361 g/mol. The second kappa shape index (κ2) is 5.15. The van der Waals surface area contributed by atoms with Crippen molar-refractivity contribution in [3.8, 4) is 5.75 Å². The van der Waals surface area contributed by atoms with Gasteiger partial charge in [-0.3, -0.25) is 4.72 Å². The fourth-order valence-electron chi connectivity index (χ4n) is 1.49. The Morgan fingerprint density at radius 2 is 1.89 bits per heavy atom. The molecule has 0 fully saturated rings. The van der Waals surface area contributed by atoms with Gasteiger partial charge in [-0.2, -0.15) is 0 Å². The smallest absolute Gasteiger partial charge is 0.271 e. The number of aryl methyl sites for hydroxylation is 2. The van der Waals surface area contributed by atoms with E-state index in [0.29, 0.717) is 11.3 Å². The van der Waals surface area contributed by atoms with Gasteiger partial charge in [0, 0.05) is 5.69 Å². The molecule has 0 atom stereocenters. The van der Waals surface area contributed by atoms with E-state index >= 15 is 0 Å². The third kappa shape index (κ3) is 3.10. The highest BCUT2D eigenvalue weighted by atomic mass is 79.9. The van der Waals surface area contributed by atoms with Crippen LogP contribution in [0, 0.1) is 13.8 Å². The predicted octanol–water partition coefficient (Wildman–Crippen LogP) is 3.63. The highest BCUT2D eigenvalue weighted by Gasteiger charge is 2.18. The Morgan fingerprint density at radius 1 is 1.21 bits per heavy atom. The minimum absolute atomic E-state index is 0.137. The molecule has 2 N–H and O–H groups in total. The van der Waals surface area contributed by atoms with E-state index in [9.17, 15) is 13.5 Å². The SMILES string of the molecule is Cc1cc(NS(=O)(=O)c2cc(C)c(Br)s2)ccc1O. The lowest BCUT2D eigenvalue weighted by Crippen LogP contribution is -2.11. The molecular formula is C12H12BrNO3S2. The topological polar surface area (TPSA) is 66.4 Å². The maximum absolute atomic E-state index is 12.2. The molecule has 0 unspecified atom stereocenters. The van der Waals surface area contributed by atoms with Crippen LogP contribution in [0.25, 0.3) is 0 Å². The van der Waals surface area contributed by atoms with Crippen molar-refractivity contribution in [3.63, 3.8) is 0 Å². The Balaban J connectivity index is 2.33. The van der Waals surface area contributed by atoms with Crippen LogP contribution in [0.15, 0.2) is 32.3 Å². The molecule has 7 heteroatoms. The van der Waals surface area contributed by atoms with Gasteiger partial charge in [0.25, 0.3) is 10.0 Å². The summed E-state index contributed by atoms with van der Waals surface area (Å²) in [6.07, 6.45) is 0. The molecule has 0 bridgehead atoms. The number of rotatable bonds is 3. The highest BCUT2D eigenvalue weighted by Crippen LogP contribution is 2.32. The van der Waals surface area contributed by atoms with Crippen molar-refractivity contribution in [1.29, 1.82) is 0 Å². The average molecular weight is 362 g/mol. The first-order valence-electron chi connectivity index (χ1n) is 5.38. The van der Waals surface area contributed by atoms with Crippen molar-refractivity contribution in [2.45, 2.75) is 18.1 Å². The molecule has 1 heterocycles. The van der Waals surface area contributed by atoms with Crippen LogP contribution < -0.4 is 4.72 Å². The lowest BCUT2D eigenvalue weighted by Gasteiger charge is -2.07. The third-order valence-corrected chi connectivity index (χ3v) is 6.54. The molecule has 1 aromatic carbocycles. The zero-order chi connectivity index (χ0) is 14.2. The lowest BCUT2D eigenvalue weighted by atomic mass is 10.2. The standard InChI is InChI=1S/C12H12BrNO3S2/c1-7-5-9(3-4-10(7)15)14-19(16,17)11-6-8(2)12(13)18-11/h3-6,14-15H,1-2H3. The number of nitrogens with one attached hydrogen (secondary N) is 1. The normalized spacial score (nSPS) is 11.5. The van der Waals surface area contributed by atoms with Crippen LogP contribution in [0.2, 0.25) is 0 Å². The van der Waals surface area contributed by atoms with Crippen LogP contribution in [0.1, 0.15) is 11.1 Å². The van der Waals surface area contributed by atoms with Crippen molar-refractivity contribution in [3.05, 3.63) is 39.2 Å². The molecule has 19 heavy (non-hydrogen) atoms. The van der Waals surface area contributed by atoms with Crippen LogP contribution in [0.5, 0.6) is 5.75 Å². The summed E-state index contributed by atoms with van der Waals surface area (Å²) in [6, 6.07) is 6.19. The molecule has 1 aromatic heterocycles. The summed E-state index contributed by atoms with van der Waals surface area (Å²) >= 11 is 4.47. The van der Waals surface area contributed by atoms with E-state index in [-0.39, 0.29) is 9.96 Å². The number of benzene rings is 1. The number of hydrogen-bond acceptors (Lipinski definition) is 4. The van der Waals surface area contributed by atoms with Gasteiger partial charge in [-0.25, -0.2) is 8.42 Å². The van der Waals surface area contributed by atoms with Gasteiger partial charge >= 0.3 is 0 Å². The zero-order valence-electron chi connectivity index (χ0n) is 10.3. The van der Waals surface area contributed by atoms with Crippen molar-refractivity contribution in [2.24, 2.45) is 0 Å². The Morgan fingerprint density at radius 3 is 2.42 bits per heavy atom. The summed E-state index contributed by atoms with van der Waals surface area (Å²) in [5.74, 6) is 0.137. The molecule has 0 saturated carbocycles. The van der Waals surface area contributed by atoms with Gasteiger partial charge < -0.3 is 5.11 Å². The Kier molecular flexibility index (Phi) is 3.89. The fraction of sp³-hybridized carbons (Fsp3) is 0.167. The Bertz CT molecular complexity index is 703. The summed E-state index contributed by atoms with van der Waals surface area (Å²) in [5, 5.41) is 9.42. The van der Waals surface area contributed by atoms with Gasteiger partial charge in [0.05, 0.1) is 3.79 Å². The molecule has 0 aliphatic rings. The van der Waals surface area contributed by atoms with Crippen LogP contribution in [0.3, 0.4) is 0 Å². The molecule has 2 rings (SSSR count). The van der Waals surface area contributed by atoms with E-state index in [1.54, 1.807) is 19.1 Å². The summed E-state index contributed by atoms with van der Waals surface area (Å²) < 4.78 is 27.9. The summed E-state index contributed by atoms with van der Waals surface area (Å²) in [6.45, 7) is 3.54. The van der Waals surface area contributed by atoms with Gasteiger partial charge in [-0.1, -0.05) is 0 Å². The lowest BCUT2D eigenvalue weighted by molar-refractivity contribution is 0.471. The zero-order valence-corrected chi connectivity index (χ0v) is 13.5. The maximum atomic E-state index is 12.2. The summed E-state index contributed by atoms with van der Waals surface area (Å²) in [4.78, 5) is 0. The van der Waals surface area contributed by atoms with Crippen molar-refractivity contribution in [1.82, 2.24) is 0 Å². The fourth-order valence-corrected chi connectivity index (χ4v) is 4.76. The number of phenolic OH excluding ortho intramolecular Hbond substituents is 1. The predicted molar refractivity (Wildman–Crippen MR) is 80.4 cm³/mol. The van der Waals surface area contributed by atoms with E-state index in [4.69, 9.17) is 0 Å². The molecule has 0 saturated heterocycles. The molecule has 4 nitrogen and oxygen atoms in total. The molecule has 0 amide bonds. The van der Waals surface area contributed by atoms with Crippen LogP contribution in [-0.4, -0.2) is 13.5 Å². The minimum Gasteiger partial charge on any atom is -0.508 e. The second-order valence-electron chi connectivity index (χ2n) is 4.13. The number of sulfonamides is 1. The third-order valence-electron chi connectivity index (χ3n) is 2.55. The number of thiophene rings is 1. The molecule has 102 valence electrons. The Hall–Kier alpha value is -1.05. The van der Waals surface area contributed by atoms with Gasteiger partial charge in [0.2, 0.25) is 0 Å². The van der Waals surface area contributed by atoms with Crippen LogP contribution in [0.4, 0.5) is 5.69 Å². The largest absolute Gasteiger partial charge is 0.508 e. The number of phenols is 1. The van der Waals surface area contributed by atoms with Gasteiger partial charge in [0.15, 0.2) is 0 Å². The van der Waals surface area contributed by atoms with E-state index in [1.807, 2.05) is 6.92 Å². The first kappa shape index (κ1) is 14.4. The van der Waals surface area contributed by atoms with E-state index in [2.05, 4.69) is 20.7 Å². The molecule has 0 radical (unpaired) electrons. The van der Waals surface area contributed by atoms with Gasteiger partial charge in [0.1, 0.15) is 9.96 Å². The van der Waals surface area contributed by atoms with Gasteiger partial charge in [-0.05, 0) is 65.2 Å². The molecule has 2 aromatic rings. The molecule has 0 aliphatic carbocycles. The number of halogens is 1. The number of anilines is 1. The van der Waals surface area contributed by atoms with Crippen molar-refractivity contribution < 1.29 is 13.5 Å². The van der Waals surface area contributed by atoms with Crippen LogP contribution >= 0.6 is 27.3 Å². The van der Waals surface area contributed by atoms with Crippen molar-refractivity contribution in [2.75, 3.05) is 4.72 Å². The van der Waals surface area contributed by atoms with Gasteiger partial charge in [-0.15, -0.1) is 11.3 Å². The maximum Gasteiger partial charge on any atom is 0.271 e. The minimum atomic E-state index is -3.59. The van der Waals surface area contributed by atoms with E-state index in [0.717, 1.165) is 20.7 Å². The molecule has 0 spiro atoms. The highest BCUT2D eigenvalue weighted by molar-refractivity contribution is 9.11. The first-order valence-corrected chi connectivity index (χ1v) is 8.47. The number of hydrogen-bond donors (Lipinski definition) is 2. The Labute approximate surface area is 124 Å². The average Bonchev–Trinajstić information content (AvgIpc) is 2.65. The molecular weight excluding hydrogens is 350 g/mol. The summed E-state index contributed by atoms with van der Waals surface area (Å²) in [7, 11) is -3.59. The van der Waals surface area contributed by atoms with Crippen molar-refractivity contribution >= 4 is 43.0 Å². The van der Waals surface area contributed by atoms with E-state index < -0.39 is 10.0 Å². The number of aromatic hydroxyl groups is 1. The summed E-state index contributed by atoms with van der Waals surface area (Å²) in [5.41, 5.74) is 1.92.